The summed E-state index contributed by atoms with van der Waals surface area (Å²) in [5, 5.41) is 0.754. The SMILES string of the molecule is CCOC(=O)c1ccc2nc(N3CCN(c4cccc(Cl)c4)CC3)[nH]c2c1. The Bertz CT molecular complexity index is 964. The van der Waals surface area contributed by atoms with Crippen LogP contribution in [0.2, 0.25) is 5.02 Å². The molecule has 3 aromatic rings. The average molecular weight is 385 g/mol. The highest BCUT2D eigenvalue weighted by Gasteiger charge is 2.20. The maximum atomic E-state index is 11.9. The van der Waals surface area contributed by atoms with Crippen molar-refractivity contribution < 1.29 is 9.53 Å². The van der Waals surface area contributed by atoms with Crippen LogP contribution in [0.15, 0.2) is 42.5 Å². The topological polar surface area (TPSA) is 61.5 Å². The van der Waals surface area contributed by atoms with Crippen LogP contribution in [-0.2, 0) is 4.74 Å². The second kappa shape index (κ2) is 7.48. The van der Waals surface area contributed by atoms with Gasteiger partial charge >= 0.3 is 5.97 Å². The molecule has 140 valence electrons. The standard InChI is InChI=1S/C20H21ClN4O2/c1-2-27-19(26)14-6-7-17-18(12-14)23-20(22-17)25-10-8-24(9-11-25)16-5-3-4-15(21)13-16/h3-7,12-13H,2,8-11H2,1H3,(H,22,23). The molecule has 2 aromatic carbocycles. The van der Waals surface area contributed by atoms with Crippen LogP contribution in [0.5, 0.6) is 0 Å². The zero-order chi connectivity index (χ0) is 18.8. The van der Waals surface area contributed by atoms with Crippen LogP contribution in [0.1, 0.15) is 17.3 Å². The normalized spacial score (nSPS) is 14.6. The molecular formula is C20H21ClN4O2. The summed E-state index contributed by atoms with van der Waals surface area (Å²) in [6.45, 7) is 5.67. The second-order valence-electron chi connectivity index (χ2n) is 6.47. The van der Waals surface area contributed by atoms with Gasteiger partial charge in [0.25, 0.3) is 0 Å². The number of esters is 1. The lowest BCUT2D eigenvalue weighted by Gasteiger charge is -2.36. The van der Waals surface area contributed by atoms with E-state index in [2.05, 4.69) is 25.8 Å². The minimum absolute atomic E-state index is 0.314. The van der Waals surface area contributed by atoms with Gasteiger partial charge in [-0.2, -0.15) is 0 Å². The molecule has 1 aromatic heterocycles. The summed E-state index contributed by atoms with van der Waals surface area (Å²) in [6.07, 6.45) is 0. The third kappa shape index (κ3) is 3.71. The fourth-order valence-corrected chi connectivity index (χ4v) is 3.52. The van der Waals surface area contributed by atoms with E-state index in [1.54, 1.807) is 19.1 Å². The highest BCUT2D eigenvalue weighted by molar-refractivity contribution is 6.30. The number of hydrogen-bond acceptors (Lipinski definition) is 5. The van der Waals surface area contributed by atoms with E-state index in [1.807, 2.05) is 24.3 Å². The molecule has 27 heavy (non-hydrogen) atoms. The zero-order valence-corrected chi connectivity index (χ0v) is 15.9. The van der Waals surface area contributed by atoms with Gasteiger partial charge in [-0.25, -0.2) is 9.78 Å². The number of carbonyl (C=O) groups is 1. The van der Waals surface area contributed by atoms with Gasteiger partial charge in [-0.05, 0) is 43.3 Å². The van der Waals surface area contributed by atoms with Crippen molar-refractivity contribution >= 4 is 40.2 Å². The fraction of sp³-hybridized carbons (Fsp3) is 0.300. The Morgan fingerprint density at radius 3 is 2.67 bits per heavy atom. The summed E-state index contributed by atoms with van der Waals surface area (Å²) in [5.74, 6) is 0.516. The molecule has 1 N–H and O–H groups in total. The molecule has 0 spiro atoms. The maximum absolute atomic E-state index is 11.9. The van der Waals surface area contributed by atoms with Gasteiger partial charge in [-0.1, -0.05) is 17.7 Å². The first kappa shape index (κ1) is 17.7. The zero-order valence-electron chi connectivity index (χ0n) is 15.1. The number of benzene rings is 2. The van der Waals surface area contributed by atoms with Crippen molar-refractivity contribution in [1.29, 1.82) is 0 Å². The van der Waals surface area contributed by atoms with Gasteiger partial charge in [-0.15, -0.1) is 0 Å². The van der Waals surface area contributed by atoms with E-state index in [1.165, 1.54) is 0 Å². The summed E-state index contributed by atoms with van der Waals surface area (Å²) in [5.41, 5.74) is 3.36. The summed E-state index contributed by atoms with van der Waals surface area (Å²) >= 11 is 6.10. The largest absolute Gasteiger partial charge is 0.462 e. The number of H-pyrrole nitrogens is 1. The Kier molecular flexibility index (Phi) is 4.90. The Hall–Kier alpha value is -2.73. The van der Waals surface area contributed by atoms with Crippen molar-refractivity contribution in [2.24, 2.45) is 0 Å². The number of fused-ring (bicyclic) bond motifs is 1. The number of anilines is 2. The van der Waals surface area contributed by atoms with Crippen molar-refractivity contribution in [3.05, 3.63) is 53.1 Å². The quantitative estimate of drug-likeness (QED) is 0.694. The number of rotatable bonds is 4. The number of carbonyl (C=O) groups excluding carboxylic acids is 1. The van der Waals surface area contributed by atoms with Crippen molar-refractivity contribution in [3.63, 3.8) is 0 Å². The van der Waals surface area contributed by atoms with Crippen LogP contribution >= 0.6 is 11.6 Å². The number of ether oxygens (including phenoxy) is 1. The smallest absolute Gasteiger partial charge is 0.338 e. The first-order chi connectivity index (χ1) is 13.1. The lowest BCUT2D eigenvalue weighted by molar-refractivity contribution is 0.0526. The fourth-order valence-electron chi connectivity index (χ4n) is 3.34. The lowest BCUT2D eigenvalue weighted by Crippen LogP contribution is -2.46. The first-order valence-corrected chi connectivity index (χ1v) is 9.44. The number of aromatic amines is 1. The van der Waals surface area contributed by atoms with Crippen molar-refractivity contribution in [3.8, 4) is 0 Å². The molecule has 1 saturated heterocycles. The summed E-state index contributed by atoms with van der Waals surface area (Å²) < 4.78 is 5.06. The minimum atomic E-state index is -0.314. The van der Waals surface area contributed by atoms with Gasteiger partial charge in [0.15, 0.2) is 0 Å². The number of piperazine rings is 1. The monoisotopic (exact) mass is 384 g/mol. The molecular weight excluding hydrogens is 364 g/mol. The van der Waals surface area contributed by atoms with E-state index < -0.39 is 0 Å². The molecule has 6 nitrogen and oxygen atoms in total. The van der Waals surface area contributed by atoms with Crippen molar-refractivity contribution in [2.45, 2.75) is 6.92 Å². The van der Waals surface area contributed by atoms with Gasteiger partial charge in [0, 0.05) is 36.9 Å². The molecule has 2 heterocycles. The van der Waals surface area contributed by atoms with Crippen LogP contribution in [0.4, 0.5) is 11.6 Å². The van der Waals surface area contributed by atoms with Crippen LogP contribution in [0.3, 0.4) is 0 Å². The number of aromatic nitrogens is 2. The van der Waals surface area contributed by atoms with Crippen LogP contribution in [0.25, 0.3) is 11.0 Å². The predicted octanol–water partition coefficient (Wildman–Crippen LogP) is 3.72. The number of nitrogens with zero attached hydrogens (tertiary/aromatic N) is 3. The number of hydrogen-bond donors (Lipinski definition) is 1. The molecule has 7 heteroatoms. The van der Waals surface area contributed by atoms with Crippen LogP contribution in [0, 0.1) is 0 Å². The molecule has 0 radical (unpaired) electrons. The molecule has 0 saturated carbocycles. The predicted molar refractivity (Wildman–Crippen MR) is 108 cm³/mol. The molecule has 0 aliphatic carbocycles. The molecule has 1 fully saturated rings. The van der Waals surface area contributed by atoms with E-state index in [4.69, 9.17) is 16.3 Å². The van der Waals surface area contributed by atoms with Crippen LogP contribution in [-0.4, -0.2) is 48.7 Å². The highest BCUT2D eigenvalue weighted by atomic mass is 35.5. The molecule has 0 atom stereocenters. The van der Waals surface area contributed by atoms with Crippen molar-refractivity contribution in [2.75, 3.05) is 42.6 Å². The summed E-state index contributed by atoms with van der Waals surface area (Å²) in [4.78, 5) is 24.5. The molecule has 1 aliphatic rings. The summed E-state index contributed by atoms with van der Waals surface area (Å²) in [7, 11) is 0. The van der Waals surface area contributed by atoms with E-state index in [0.717, 1.165) is 53.9 Å². The van der Waals surface area contributed by atoms with E-state index >= 15 is 0 Å². The third-order valence-electron chi connectivity index (χ3n) is 4.73. The Morgan fingerprint density at radius 2 is 1.93 bits per heavy atom. The van der Waals surface area contributed by atoms with E-state index in [0.29, 0.717) is 12.2 Å². The first-order valence-electron chi connectivity index (χ1n) is 9.06. The maximum Gasteiger partial charge on any atom is 0.338 e. The van der Waals surface area contributed by atoms with E-state index in [9.17, 15) is 4.79 Å². The van der Waals surface area contributed by atoms with E-state index in [-0.39, 0.29) is 5.97 Å². The highest BCUT2D eigenvalue weighted by Crippen LogP contribution is 2.24. The molecule has 1 aliphatic heterocycles. The molecule has 0 unspecified atom stereocenters. The number of halogens is 1. The lowest BCUT2D eigenvalue weighted by atomic mass is 10.2. The van der Waals surface area contributed by atoms with Gasteiger partial charge in [0.2, 0.25) is 5.95 Å². The average Bonchev–Trinajstić information content (AvgIpc) is 3.11. The molecule has 0 amide bonds. The van der Waals surface area contributed by atoms with Gasteiger partial charge in [0.05, 0.1) is 23.2 Å². The van der Waals surface area contributed by atoms with Crippen molar-refractivity contribution in [1.82, 2.24) is 9.97 Å². The van der Waals surface area contributed by atoms with Gasteiger partial charge in [-0.3, -0.25) is 0 Å². The van der Waals surface area contributed by atoms with Crippen LogP contribution < -0.4 is 9.80 Å². The summed E-state index contributed by atoms with van der Waals surface area (Å²) in [6, 6.07) is 13.3. The number of nitrogens with one attached hydrogen (secondary N) is 1. The second-order valence-corrected chi connectivity index (χ2v) is 6.90. The Labute approximate surface area is 162 Å². The Balaban J connectivity index is 1.48. The molecule has 0 bridgehead atoms. The Morgan fingerprint density at radius 1 is 1.15 bits per heavy atom. The molecule has 4 rings (SSSR count). The minimum Gasteiger partial charge on any atom is -0.462 e. The van der Waals surface area contributed by atoms with Gasteiger partial charge < -0.3 is 19.5 Å². The third-order valence-corrected chi connectivity index (χ3v) is 4.97. The number of imidazole rings is 1. The van der Waals surface area contributed by atoms with Gasteiger partial charge in [0.1, 0.15) is 0 Å².